The third-order valence-corrected chi connectivity index (χ3v) is 2.18. The summed E-state index contributed by atoms with van der Waals surface area (Å²) in [5.74, 6) is 2.79. The fourth-order valence-corrected chi connectivity index (χ4v) is 1.36. The van der Waals surface area contributed by atoms with Crippen LogP contribution in [0.2, 0.25) is 0 Å². The Labute approximate surface area is 88.1 Å². The van der Waals surface area contributed by atoms with Crippen molar-refractivity contribution in [3.63, 3.8) is 0 Å². The van der Waals surface area contributed by atoms with Crippen LogP contribution in [-0.2, 0) is 20.1 Å². The quantitative estimate of drug-likeness (QED) is 0.811. The summed E-state index contributed by atoms with van der Waals surface area (Å²) in [6.07, 6.45) is 1.55. The summed E-state index contributed by atoms with van der Waals surface area (Å²) in [6, 6.07) is 3.93. The van der Waals surface area contributed by atoms with Crippen LogP contribution in [0.1, 0.15) is 17.3 Å². The van der Waals surface area contributed by atoms with Crippen LogP contribution in [0, 0.1) is 6.92 Å². The first-order valence-corrected chi connectivity index (χ1v) is 4.84. The summed E-state index contributed by atoms with van der Waals surface area (Å²) in [4.78, 5) is 4.11. The lowest BCUT2D eigenvalue weighted by Gasteiger charge is -2.01. The molecule has 0 radical (unpaired) electrons. The van der Waals surface area contributed by atoms with E-state index >= 15 is 0 Å². The maximum absolute atomic E-state index is 5.43. The lowest BCUT2D eigenvalue weighted by Crippen LogP contribution is -2.15. The highest BCUT2D eigenvalue weighted by Gasteiger charge is 2.01. The molecule has 2 heterocycles. The minimum atomic E-state index is 0.691. The van der Waals surface area contributed by atoms with Crippen molar-refractivity contribution in [2.75, 3.05) is 0 Å². The molecule has 0 saturated carbocycles. The summed E-state index contributed by atoms with van der Waals surface area (Å²) in [5.41, 5.74) is 0. The fourth-order valence-electron chi connectivity index (χ4n) is 1.36. The fraction of sp³-hybridized carbons (Fsp3) is 0.400. The monoisotopic (exact) mass is 206 g/mol. The molecule has 1 N–H and O–H groups in total. The zero-order valence-corrected chi connectivity index (χ0v) is 8.90. The SMILES string of the molecule is Cc1ccc(CNCc2ncnn2C)o1. The molecule has 0 amide bonds. The first-order valence-electron chi connectivity index (χ1n) is 4.84. The first-order chi connectivity index (χ1) is 7.25. The Balaban J connectivity index is 1.83. The largest absolute Gasteiger partial charge is 0.465 e. The van der Waals surface area contributed by atoms with Crippen LogP contribution in [0.4, 0.5) is 0 Å². The van der Waals surface area contributed by atoms with Gasteiger partial charge >= 0.3 is 0 Å². The second-order valence-corrected chi connectivity index (χ2v) is 3.42. The average Bonchev–Trinajstić information content (AvgIpc) is 2.77. The number of hydrogen-bond acceptors (Lipinski definition) is 4. The van der Waals surface area contributed by atoms with E-state index in [0.29, 0.717) is 13.1 Å². The van der Waals surface area contributed by atoms with E-state index in [9.17, 15) is 0 Å². The zero-order chi connectivity index (χ0) is 10.7. The molecule has 5 nitrogen and oxygen atoms in total. The highest BCUT2D eigenvalue weighted by atomic mass is 16.3. The highest BCUT2D eigenvalue weighted by molar-refractivity contribution is 5.05. The van der Waals surface area contributed by atoms with Crippen molar-refractivity contribution in [1.82, 2.24) is 20.1 Å². The van der Waals surface area contributed by atoms with Gasteiger partial charge in [0, 0.05) is 7.05 Å². The molecule has 0 atom stereocenters. The molecule has 0 aliphatic heterocycles. The lowest BCUT2D eigenvalue weighted by molar-refractivity contribution is 0.457. The van der Waals surface area contributed by atoms with Gasteiger partial charge in [-0.3, -0.25) is 4.68 Å². The summed E-state index contributed by atoms with van der Waals surface area (Å²) in [7, 11) is 1.88. The number of aryl methyl sites for hydroxylation is 2. The van der Waals surface area contributed by atoms with Crippen molar-refractivity contribution in [3.8, 4) is 0 Å². The van der Waals surface area contributed by atoms with Gasteiger partial charge in [0.25, 0.3) is 0 Å². The van der Waals surface area contributed by atoms with E-state index in [1.807, 2.05) is 26.1 Å². The van der Waals surface area contributed by atoms with E-state index in [2.05, 4.69) is 15.4 Å². The van der Waals surface area contributed by atoms with Gasteiger partial charge in [0.15, 0.2) is 0 Å². The van der Waals surface area contributed by atoms with Gasteiger partial charge in [0.05, 0.1) is 13.1 Å². The van der Waals surface area contributed by atoms with Gasteiger partial charge in [0.2, 0.25) is 0 Å². The second kappa shape index (κ2) is 4.27. The molecule has 0 aliphatic carbocycles. The zero-order valence-electron chi connectivity index (χ0n) is 8.90. The van der Waals surface area contributed by atoms with Gasteiger partial charge in [-0.2, -0.15) is 5.10 Å². The molecule has 0 spiro atoms. The van der Waals surface area contributed by atoms with E-state index in [-0.39, 0.29) is 0 Å². The van der Waals surface area contributed by atoms with Crippen molar-refractivity contribution < 1.29 is 4.42 Å². The molecule has 2 aromatic rings. The molecule has 2 aromatic heterocycles. The first kappa shape index (κ1) is 9.92. The summed E-state index contributed by atoms with van der Waals surface area (Å²) >= 11 is 0. The molecule has 0 unspecified atom stereocenters. The molecule has 15 heavy (non-hydrogen) atoms. The Morgan fingerprint density at radius 3 is 2.87 bits per heavy atom. The number of rotatable bonds is 4. The summed E-state index contributed by atoms with van der Waals surface area (Å²) in [6.45, 7) is 3.34. The highest BCUT2D eigenvalue weighted by Crippen LogP contribution is 2.05. The van der Waals surface area contributed by atoms with Gasteiger partial charge in [-0.25, -0.2) is 4.98 Å². The number of furan rings is 1. The van der Waals surface area contributed by atoms with Gasteiger partial charge in [-0.1, -0.05) is 0 Å². The topological polar surface area (TPSA) is 55.9 Å². The normalized spacial score (nSPS) is 10.8. The lowest BCUT2D eigenvalue weighted by atomic mass is 10.4. The molecule has 0 aliphatic rings. The number of hydrogen-bond donors (Lipinski definition) is 1. The average molecular weight is 206 g/mol. The van der Waals surface area contributed by atoms with Crippen molar-refractivity contribution >= 4 is 0 Å². The predicted molar refractivity (Wildman–Crippen MR) is 55.0 cm³/mol. The van der Waals surface area contributed by atoms with Crippen LogP contribution in [0.3, 0.4) is 0 Å². The van der Waals surface area contributed by atoms with E-state index < -0.39 is 0 Å². The van der Waals surface area contributed by atoms with Gasteiger partial charge in [-0.05, 0) is 19.1 Å². The Hall–Kier alpha value is -1.62. The smallest absolute Gasteiger partial charge is 0.140 e. The Kier molecular flexibility index (Phi) is 2.82. The standard InChI is InChI=1S/C10H14N4O/c1-8-3-4-9(15-8)5-11-6-10-12-7-13-14(10)2/h3-4,7,11H,5-6H2,1-2H3. The van der Waals surface area contributed by atoms with Crippen LogP contribution < -0.4 is 5.32 Å². The Bertz CT molecular complexity index is 432. The molecule has 80 valence electrons. The Morgan fingerprint density at radius 2 is 2.27 bits per heavy atom. The Morgan fingerprint density at radius 1 is 1.40 bits per heavy atom. The third kappa shape index (κ3) is 2.44. The molecular formula is C10H14N4O. The van der Waals surface area contributed by atoms with E-state index in [4.69, 9.17) is 4.42 Å². The van der Waals surface area contributed by atoms with Crippen LogP contribution in [-0.4, -0.2) is 14.8 Å². The minimum absolute atomic E-state index is 0.691. The molecular weight excluding hydrogens is 192 g/mol. The summed E-state index contributed by atoms with van der Waals surface area (Å²) < 4.78 is 7.18. The van der Waals surface area contributed by atoms with E-state index in [1.54, 1.807) is 11.0 Å². The van der Waals surface area contributed by atoms with Crippen LogP contribution in [0.15, 0.2) is 22.9 Å². The van der Waals surface area contributed by atoms with E-state index in [0.717, 1.165) is 17.3 Å². The molecule has 0 bridgehead atoms. The maximum atomic E-state index is 5.43. The van der Waals surface area contributed by atoms with Crippen LogP contribution >= 0.6 is 0 Å². The van der Waals surface area contributed by atoms with Crippen molar-refractivity contribution in [1.29, 1.82) is 0 Å². The minimum Gasteiger partial charge on any atom is -0.465 e. The number of nitrogens with one attached hydrogen (secondary N) is 1. The van der Waals surface area contributed by atoms with Crippen LogP contribution in [0.5, 0.6) is 0 Å². The molecule has 0 aromatic carbocycles. The maximum Gasteiger partial charge on any atom is 0.140 e. The van der Waals surface area contributed by atoms with Gasteiger partial charge in [0.1, 0.15) is 23.7 Å². The molecule has 0 saturated heterocycles. The van der Waals surface area contributed by atoms with Crippen LogP contribution in [0.25, 0.3) is 0 Å². The van der Waals surface area contributed by atoms with Crippen molar-refractivity contribution in [2.45, 2.75) is 20.0 Å². The molecule has 5 heteroatoms. The predicted octanol–water partition coefficient (Wildman–Crippen LogP) is 1.01. The summed E-state index contributed by atoms with van der Waals surface area (Å²) in [5, 5.41) is 7.23. The second-order valence-electron chi connectivity index (χ2n) is 3.42. The third-order valence-electron chi connectivity index (χ3n) is 2.18. The molecule has 2 rings (SSSR count). The number of aromatic nitrogens is 3. The van der Waals surface area contributed by atoms with Gasteiger partial charge < -0.3 is 9.73 Å². The molecule has 0 fully saturated rings. The number of nitrogens with zero attached hydrogens (tertiary/aromatic N) is 3. The van der Waals surface area contributed by atoms with Crippen molar-refractivity contribution in [2.24, 2.45) is 7.05 Å². The van der Waals surface area contributed by atoms with Gasteiger partial charge in [-0.15, -0.1) is 0 Å². The van der Waals surface area contributed by atoms with E-state index in [1.165, 1.54) is 0 Å². The van der Waals surface area contributed by atoms with Crippen molar-refractivity contribution in [3.05, 3.63) is 35.8 Å².